The lowest BCUT2D eigenvalue weighted by molar-refractivity contribution is -0.892. The number of piperazine rings is 1. The number of rotatable bonds is 5. The molecular weight excluding hydrogens is 280 g/mol. The van der Waals surface area contributed by atoms with E-state index >= 15 is 0 Å². The van der Waals surface area contributed by atoms with Gasteiger partial charge in [0.1, 0.15) is 26.2 Å². The minimum absolute atomic E-state index is 0.144. The van der Waals surface area contributed by atoms with E-state index in [2.05, 4.69) is 21.3 Å². The van der Waals surface area contributed by atoms with Crippen molar-refractivity contribution in [3.63, 3.8) is 0 Å². The standard InChI is InChI=1S/C16H24N4O2/c21-16(18-12-14-4-3-11-22-14)13-19-7-9-20(10-8-19)15-5-1-2-6-17-15/h1-2,5-6,14H,3-4,7-13H2,(H,18,21)/p+2/t14-/m0/s1. The Morgan fingerprint density at radius 2 is 2.27 bits per heavy atom. The van der Waals surface area contributed by atoms with Gasteiger partial charge >= 0.3 is 0 Å². The summed E-state index contributed by atoms with van der Waals surface area (Å²) in [6.45, 7) is 6.02. The first-order valence-corrected chi connectivity index (χ1v) is 8.25. The summed E-state index contributed by atoms with van der Waals surface area (Å²) in [6, 6.07) is 6.13. The number of anilines is 1. The Kier molecular flexibility index (Phi) is 5.24. The summed E-state index contributed by atoms with van der Waals surface area (Å²) in [5.41, 5.74) is 0. The number of quaternary nitrogens is 1. The molecule has 0 radical (unpaired) electrons. The molecule has 3 rings (SSSR count). The third-order valence-electron chi connectivity index (χ3n) is 4.47. The SMILES string of the molecule is O=C(C[NH+]1CCN(c2cccc[nH+]2)CC1)NC[C@@H]1CCCO1. The van der Waals surface area contributed by atoms with Crippen LogP contribution in [0.4, 0.5) is 5.82 Å². The van der Waals surface area contributed by atoms with Crippen LogP contribution in [0.15, 0.2) is 24.4 Å². The van der Waals surface area contributed by atoms with Gasteiger partial charge in [0.25, 0.3) is 11.7 Å². The number of hydrogen-bond donors (Lipinski definition) is 2. The number of aromatic amines is 1. The van der Waals surface area contributed by atoms with E-state index in [4.69, 9.17) is 4.74 Å². The highest BCUT2D eigenvalue weighted by Gasteiger charge is 2.27. The fourth-order valence-corrected chi connectivity index (χ4v) is 3.14. The van der Waals surface area contributed by atoms with Crippen molar-refractivity contribution in [3.8, 4) is 0 Å². The molecule has 0 aliphatic carbocycles. The summed E-state index contributed by atoms with van der Waals surface area (Å²) < 4.78 is 5.52. The van der Waals surface area contributed by atoms with E-state index in [0.29, 0.717) is 13.1 Å². The third-order valence-corrected chi connectivity index (χ3v) is 4.47. The molecule has 1 amide bonds. The van der Waals surface area contributed by atoms with Crippen LogP contribution in [0.2, 0.25) is 0 Å². The third kappa shape index (κ3) is 4.18. The second-order valence-electron chi connectivity index (χ2n) is 6.10. The van der Waals surface area contributed by atoms with Crippen LogP contribution in [0, 0.1) is 0 Å². The number of carbonyl (C=O) groups is 1. The van der Waals surface area contributed by atoms with Crippen molar-refractivity contribution in [2.75, 3.05) is 50.8 Å². The second kappa shape index (κ2) is 7.56. The van der Waals surface area contributed by atoms with Gasteiger partial charge in [-0.1, -0.05) is 6.07 Å². The Labute approximate surface area is 131 Å². The number of pyridine rings is 1. The number of aromatic nitrogens is 1. The van der Waals surface area contributed by atoms with Crippen LogP contribution in [-0.4, -0.2) is 57.9 Å². The molecule has 22 heavy (non-hydrogen) atoms. The highest BCUT2D eigenvalue weighted by molar-refractivity contribution is 5.76. The Morgan fingerprint density at radius 1 is 1.41 bits per heavy atom. The van der Waals surface area contributed by atoms with E-state index in [1.165, 1.54) is 4.90 Å². The number of hydrogen-bond acceptors (Lipinski definition) is 3. The van der Waals surface area contributed by atoms with Crippen molar-refractivity contribution in [2.24, 2.45) is 0 Å². The van der Waals surface area contributed by atoms with E-state index in [0.717, 1.165) is 51.4 Å². The van der Waals surface area contributed by atoms with E-state index in [-0.39, 0.29) is 12.0 Å². The largest absolute Gasteiger partial charge is 0.376 e. The van der Waals surface area contributed by atoms with Crippen molar-refractivity contribution in [1.82, 2.24) is 5.32 Å². The van der Waals surface area contributed by atoms with Gasteiger partial charge in [-0.25, -0.2) is 4.98 Å². The molecule has 120 valence electrons. The zero-order valence-corrected chi connectivity index (χ0v) is 13.0. The first kappa shape index (κ1) is 15.2. The summed E-state index contributed by atoms with van der Waals surface area (Å²) in [4.78, 5) is 19.0. The zero-order chi connectivity index (χ0) is 15.2. The Bertz CT molecular complexity index is 468. The van der Waals surface area contributed by atoms with Crippen LogP contribution in [0.5, 0.6) is 0 Å². The van der Waals surface area contributed by atoms with Crippen molar-refractivity contribution in [2.45, 2.75) is 18.9 Å². The van der Waals surface area contributed by atoms with Gasteiger partial charge in [-0.05, 0) is 18.9 Å². The summed E-state index contributed by atoms with van der Waals surface area (Å²) in [5.74, 6) is 1.30. The van der Waals surface area contributed by atoms with Gasteiger partial charge in [0.2, 0.25) is 0 Å². The monoisotopic (exact) mass is 306 g/mol. The normalized spacial score (nSPS) is 22.7. The van der Waals surface area contributed by atoms with Gasteiger partial charge in [0.05, 0.1) is 12.3 Å². The molecule has 3 N–H and O–H groups in total. The van der Waals surface area contributed by atoms with Gasteiger partial charge in [0.15, 0.2) is 6.54 Å². The second-order valence-corrected chi connectivity index (χ2v) is 6.10. The van der Waals surface area contributed by atoms with Gasteiger partial charge in [-0.2, -0.15) is 0 Å². The molecular formula is C16H26N4O2+2. The molecule has 2 aliphatic rings. The van der Waals surface area contributed by atoms with E-state index in [1.54, 1.807) is 0 Å². The summed E-state index contributed by atoms with van der Waals surface area (Å²) in [7, 11) is 0. The predicted octanol–water partition coefficient (Wildman–Crippen LogP) is -1.50. The average Bonchev–Trinajstić information content (AvgIpc) is 3.08. The Balaban J connectivity index is 1.37. The fraction of sp³-hybridized carbons (Fsp3) is 0.625. The first-order valence-electron chi connectivity index (χ1n) is 8.25. The van der Waals surface area contributed by atoms with Crippen LogP contribution in [0.3, 0.4) is 0 Å². The maximum absolute atomic E-state index is 12.0. The Morgan fingerprint density at radius 3 is 2.95 bits per heavy atom. The molecule has 0 spiro atoms. The van der Waals surface area contributed by atoms with Crippen molar-refractivity contribution in [3.05, 3.63) is 24.4 Å². The van der Waals surface area contributed by atoms with E-state index < -0.39 is 0 Å². The summed E-state index contributed by atoms with van der Waals surface area (Å²) in [5, 5.41) is 3.01. The van der Waals surface area contributed by atoms with Crippen molar-refractivity contribution < 1.29 is 19.4 Å². The molecule has 2 saturated heterocycles. The highest BCUT2D eigenvalue weighted by atomic mass is 16.5. The zero-order valence-electron chi connectivity index (χ0n) is 13.0. The Hall–Kier alpha value is -1.66. The molecule has 2 fully saturated rings. The van der Waals surface area contributed by atoms with Crippen LogP contribution in [-0.2, 0) is 9.53 Å². The molecule has 6 nitrogen and oxygen atoms in total. The lowest BCUT2D eigenvalue weighted by atomic mass is 10.2. The molecule has 0 saturated carbocycles. The number of carbonyl (C=O) groups excluding carboxylic acids is 1. The van der Waals surface area contributed by atoms with Gasteiger partial charge in [-0.15, -0.1) is 0 Å². The minimum atomic E-state index is 0.144. The number of amides is 1. The van der Waals surface area contributed by atoms with Gasteiger partial charge < -0.3 is 15.0 Å². The number of H-pyrrole nitrogens is 1. The quantitative estimate of drug-likeness (QED) is 0.696. The van der Waals surface area contributed by atoms with Gasteiger partial charge in [-0.3, -0.25) is 9.69 Å². The van der Waals surface area contributed by atoms with Crippen molar-refractivity contribution in [1.29, 1.82) is 0 Å². The molecule has 6 heteroatoms. The topological polar surface area (TPSA) is 60.2 Å². The minimum Gasteiger partial charge on any atom is -0.376 e. The number of ether oxygens (including phenoxy) is 1. The van der Waals surface area contributed by atoms with Crippen molar-refractivity contribution >= 4 is 11.7 Å². The number of nitrogens with one attached hydrogen (secondary N) is 3. The molecule has 1 aromatic rings. The van der Waals surface area contributed by atoms with Crippen LogP contribution in [0.25, 0.3) is 0 Å². The maximum Gasteiger partial charge on any atom is 0.275 e. The molecule has 0 unspecified atom stereocenters. The number of nitrogens with zero attached hydrogens (tertiary/aromatic N) is 1. The smallest absolute Gasteiger partial charge is 0.275 e. The summed E-state index contributed by atoms with van der Waals surface area (Å²) in [6.07, 6.45) is 4.36. The van der Waals surface area contributed by atoms with Crippen LogP contribution < -0.4 is 20.1 Å². The molecule has 1 aromatic heterocycles. The van der Waals surface area contributed by atoms with E-state index in [9.17, 15) is 4.79 Å². The lowest BCUT2D eigenvalue weighted by Crippen LogP contribution is -3.16. The predicted molar refractivity (Wildman–Crippen MR) is 82.8 cm³/mol. The highest BCUT2D eigenvalue weighted by Crippen LogP contribution is 2.10. The van der Waals surface area contributed by atoms with Gasteiger partial charge in [0, 0.05) is 19.2 Å². The lowest BCUT2D eigenvalue weighted by Gasteiger charge is -2.27. The average molecular weight is 306 g/mol. The first-order chi connectivity index (χ1) is 10.8. The molecule has 1 atom stereocenters. The molecule has 0 aromatic carbocycles. The van der Waals surface area contributed by atoms with Crippen LogP contribution in [0.1, 0.15) is 12.8 Å². The fourth-order valence-electron chi connectivity index (χ4n) is 3.14. The van der Waals surface area contributed by atoms with Crippen LogP contribution >= 0.6 is 0 Å². The maximum atomic E-state index is 12.0. The molecule has 2 aliphatic heterocycles. The summed E-state index contributed by atoms with van der Waals surface area (Å²) >= 11 is 0. The van der Waals surface area contributed by atoms with E-state index in [1.807, 2.05) is 18.3 Å². The molecule has 0 bridgehead atoms. The molecule has 3 heterocycles.